The first kappa shape index (κ1) is 18.5. The zero-order valence-electron chi connectivity index (χ0n) is 14.9. The van der Waals surface area contributed by atoms with E-state index in [-0.39, 0.29) is 11.8 Å². The average Bonchev–Trinajstić information content (AvgIpc) is 2.77. The Labute approximate surface area is 149 Å². The molecule has 0 aromatic rings. The molecule has 9 heteroatoms. The van der Waals surface area contributed by atoms with Gasteiger partial charge in [0.25, 0.3) is 0 Å². The van der Waals surface area contributed by atoms with Gasteiger partial charge in [0.1, 0.15) is 0 Å². The smallest absolute Gasteiger partial charge is 0.429 e. The van der Waals surface area contributed by atoms with Gasteiger partial charge in [-0.05, 0) is 38.0 Å². The molecular weight excluding hydrogens is 357 g/mol. The summed E-state index contributed by atoms with van der Waals surface area (Å²) in [6.45, 7) is 5.57. The number of hydrogen-bond donors (Lipinski definition) is 0. The lowest BCUT2D eigenvalue weighted by Crippen LogP contribution is -2.70. The van der Waals surface area contributed by atoms with Gasteiger partial charge in [-0.15, -0.1) is 0 Å². The Morgan fingerprint density at radius 2 is 1.85 bits per heavy atom. The monoisotopic (exact) mass is 380 g/mol. The van der Waals surface area contributed by atoms with Crippen molar-refractivity contribution in [1.29, 1.82) is 0 Å². The number of fused-ring (bicyclic) bond motifs is 2. The van der Waals surface area contributed by atoms with E-state index in [1.165, 1.54) is 0 Å². The second-order valence-corrected chi connectivity index (χ2v) is 8.18. The Hall–Kier alpha value is -0.900. The summed E-state index contributed by atoms with van der Waals surface area (Å²) in [4.78, 5) is 22.8. The van der Waals surface area contributed by atoms with Crippen molar-refractivity contribution in [3.63, 3.8) is 0 Å². The van der Waals surface area contributed by atoms with Gasteiger partial charge >= 0.3 is 12.1 Å². The molecule has 0 aromatic carbocycles. The third-order valence-corrected chi connectivity index (χ3v) is 6.55. The van der Waals surface area contributed by atoms with Crippen LogP contribution < -0.4 is 0 Å². The Kier molecular flexibility index (Phi) is 4.12. The Balaban J connectivity index is 1.67. The third-order valence-electron chi connectivity index (χ3n) is 6.55. The van der Waals surface area contributed by atoms with Crippen LogP contribution in [0.25, 0.3) is 0 Å². The molecule has 1 aliphatic carbocycles. The van der Waals surface area contributed by atoms with Gasteiger partial charge in [-0.1, -0.05) is 13.8 Å². The van der Waals surface area contributed by atoms with Crippen LogP contribution in [0.1, 0.15) is 46.5 Å². The van der Waals surface area contributed by atoms with Gasteiger partial charge < -0.3 is 14.2 Å². The molecule has 8 atom stereocenters. The van der Waals surface area contributed by atoms with E-state index >= 15 is 0 Å². The van der Waals surface area contributed by atoms with Crippen LogP contribution in [0.4, 0.5) is 13.2 Å². The van der Waals surface area contributed by atoms with Crippen LogP contribution in [-0.4, -0.2) is 36.1 Å². The highest BCUT2D eigenvalue weighted by atomic mass is 19.4. The number of alkyl halides is 3. The fourth-order valence-corrected chi connectivity index (χ4v) is 5.18. The minimum Gasteiger partial charge on any atom is -0.429 e. The molecule has 5 rings (SSSR count). The summed E-state index contributed by atoms with van der Waals surface area (Å²) in [7, 11) is 0. The highest BCUT2D eigenvalue weighted by Crippen LogP contribution is 2.60. The first-order valence-electron chi connectivity index (χ1n) is 9.05. The van der Waals surface area contributed by atoms with Crippen LogP contribution in [0.3, 0.4) is 0 Å². The summed E-state index contributed by atoms with van der Waals surface area (Å²) in [6.07, 6.45) is -4.33. The summed E-state index contributed by atoms with van der Waals surface area (Å²) in [5.74, 6) is -3.54. The maximum atomic E-state index is 12.6. The average molecular weight is 380 g/mol. The first-order chi connectivity index (χ1) is 12.1. The van der Waals surface area contributed by atoms with Crippen molar-refractivity contribution in [2.24, 2.45) is 23.7 Å². The molecule has 26 heavy (non-hydrogen) atoms. The van der Waals surface area contributed by atoms with Crippen LogP contribution in [0.5, 0.6) is 0 Å². The van der Waals surface area contributed by atoms with Crippen molar-refractivity contribution in [3.05, 3.63) is 0 Å². The van der Waals surface area contributed by atoms with Gasteiger partial charge in [0.2, 0.25) is 12.1 Å². The normalized spacial score (nSPS) is 50.7. The zero-order valence-corrected chi connectivity index (χ0v) is 14.9. The molecule has 4 aliphatic heterocycles. The molecule has 1 saturated carbocycles. The molecule has 5 aliphatic rings. The number of ether oxygens (including phenoxy) is 3. The number of carbonyl (C=O) groups excluding carboxylic acids is 1. The molecule has 4 saturated heterocycles. The van der Waals surface area contributed by atoms with Gasteiger partial charge in [-0.2, -0.15) is 13.2 Å². The number of halogens is 3. The second-order valence-electron chi connectivity index (χ2n) is 8.18. The van der Waals surface area contributed by atoms with E-state index in [1.54, 1.807) is 13.8 Å². The predicted octanol–water partition coefficient (Wildman–Crippen LogP) is 3.30. The minimum absolute atomic E-state index is 0.0947. The van der Waals surface area contributed by atoms with Gasteiger partial charge in [-0.3, -0.25) is 0 Å². The summed E-state index contributed by atoms with van der Waals surface area (Å²) in [5.41, 5.74) is -0.895. The van der Waals surface area contributed by atoms with Gasteiger partial charge in [-0.25, -0.2) is 14.6 Å². The molecular formula is C17H23F3O6. The van der Waals surface area contributed by atoms with Gasteiger partial charge in [0, 0.05) is 18.3 Å². The van der Waals surface area contributed by atoms with Crippen LogP contribution in [-0.2, 0) is 28.8 Å². The summed E-state index contributed by atoms with van der Waals surface area (Å²) in [6, 6.07) is 0. The lowest BCUT2D eigenvalue weighted by atomic mass is 9.58. The van der Waals surface area contributed by atoms with Gasteiger partial charge in [0.15, 0.2) is 11.9 Å². The van der Waals surface area contributed by atoms with E-state index in [2.05, 4.69) is 11.7 Å². The molecule has 2 bridgehead atoms. The molecule has 0 amide bonds. The maximum absolute atomic E-state index is 12.6. The van der Waals surface area contributed by atoms with E-state index in [0.29, 0.717) is 18.8 Å². The predicted molar refractivity (Wildman–Crippen MR) is 79.0 cm³/mol. The molecule has 3 unspecified atom stereocenters. The molecule has 1 spiro atoms. The van der Waals surface area contributed by atoms with Crippen molar-refractivity contribution in [3.8, 4) is 0 Å². The summed E-state index contributed by atoms with van der Waals surface area (Å²) >= 11 is 0. The molecule has 148 valence electrons. The second kappa shape index (κ2) is 5.80. The van der Waals surface area contributed by atoms with Crippen LogP contribution in [0.15, 0.2) is 0 Å². The quantitative estimate of drug-likeness (QED) is 0.514. The number of hydrogen-bond acceptors (Lipinski definition) is 6. The zero-order chi connectivity index (χ0) is 18.9. The highest BCUT2D eigenvalue weighted by Gasteiger charge is 2.70. The van der Waals surface area contributed by atoms with E-state index in [0.717, 1.165) is 12.8 Å². The Morgan fingerprint density at radius 3 is 2.54 bits per heavy atom. The van der Waals surface area contributed by atoms with E-state index in [9.17, 15) is 18.0 Å². The molecule has 6 nitrogen and oxygen atoms in total. The lowest BCUT2D eigenvalue weighted by molar-refractivity contribution is -0.576. The number of rotatable bonds is 1. The number of carbonyl (C=O) groups is 1. The molecule has 5 fully saturated rings. The van der Waals surface area contributed by atoms with Crippen LogP contribution in [0.2, 0.25) is 0 Å². The maximum Gasteiger partial charge on any atom is 0.491 e. The molecule has 0 radical (unpaired) electrons. The standard InChI is InChI=1S/C17H23F3O6/c1-8-4-5-11-9(2)12(22-13(21)17(18,19)20)23-14-16(11)10(8)6-7-15(3,24-14)25-26-16/h8-12,14H,4-7H2,1-3H3/t8-,9-,10-,11?,12?,14-,15-,16?/m1/s1. The molecule has 4 heterocycles. The summed E-state index contributed by atoms with van der Waals surface area (Å²) < 4.78 is 54.3. The first-order valence-corrected chi connectivity index (χ1v) is 9.05. The van der Waals surface area contributed by atoms with Crippen molar-refractivity contribution >= 4 is 5.97 Å². The van der Waals surface area contributed by atoms with Crippen molar-refractivity contribution in [2.45, 2.75) is 76.6 Å². The molecule has 0 aromatic heterocycles. The van der Waals surface area contributed by atoms with Crippen LogP contribution >= 0.6 is 0 Å². The summed E-state index contributed by atoms with van der Waals surface area (Å²) in [5, 5.41) is 0. The van der Waals surface area contributed by atoms with Gasteiger partial charge in [0.05, 0.1) is 0 Å². The minimum atomic E-state index is -5.07. The van der Waals surface area contributed by atoms with Crippen LogP contribution in [0, 0.1) is 23.7 Å². The van der Waals surface area contributed by atoms with E-state index in [1.807, 2.05) is 0 Å². The SMILES string of the molecule is C[C@H]1C(OC(=O)C(F)(F)F)O[C@@H]2O[C@@]3(C)CC[C@@H]4[C@H](C)CCC1C24OO3. The fraction of sp³-hybridized carbons (Fsp3) is 0.941. The van der Waals surface area contributed by atoms with E-state index < -0.39 is 42.0 Å². The lowest BCUT2D eigenvalue weighted by Gasteiger charge is -2.59. The van der Waals surface area contributed by atoms with Crippen molar-refractivity contribution < 1.29 is 42.0 Å². The Bertz CT molecular complexity index is 598. The third kappa shape index (κ3) is 2.58. The number of esters is 1. The van der Waals surface area contributed by atoms with E-state index in [4.69, 9.17) is 19.2 Å². The Morgan fingerprint density at radius 1 is 1.12 bits per heavy atom. The fourth-order valence-electron chi connectivity index (χ4n) is 5.18. The van der Waals surface area contributed by atoms with Crippen molar-refractivity contribution in [2.75, 3.05) is 0 Å². The molecule has 0 N–H and O–H groups in total. The topological polar surface area (TPSA) is 63.2 Å². The largest absolute Gasteiger partial charge is 0.491 e. The highest BCUT2D eigenvalue weighted by molar-refractivity contribution is 5.75. The van der Waals surface area contributed by atoms with Crippen molar-refractivity contribution in [1.82, 2.24) is 0 Å².